The van der Waals surface area contributed by atoms with E-state index in [-0.39, 0.29) is 0 Å². The number of guanidine groups is 1. The molecule has 0 bridgehead atoms. The lowest BCUT2D eigenvalue weighted by atomic mass is 10.2. The maximum absolute atomic E-state index is 4.67. The van der Waals surface area contributed by atoms with Crippen molar-refractivity contribution in [3.8, 4) is 0 Å². The van der Waals surface area contributed by atoms with E-state index in [2.05, 4.69) is 73.2 Å². The average Bonchev–Trinajstić information content (AvgIpc) is 3.24. The lowest BCUT2D eigenvalue weighted by molar-refractivity contribution is 0.270. The molecule has 1 fully saturated rings. The first-order valence-corrected chi connectivity index (χ1v) is 10.7. The van der Waals surface area contributed by atoms with E-state index < -0.39 is 0 Å². The molecular formula is C20H30N6S. The van der Waals surface area contributed by atoms with Crippen LogP contribution in [0.4, 0.5) is 5.82 Å². The Morgan fingerprint density at radius 3 is 2.59 bits per heavy atom. The molecule has 1 saturated heterocycles. The maximum Gasteiger partial charge on any atom is 0.191 e. The molecule has 0 amide bonds. The predicted octanol–water partition coefficient (Wildman–Crippen LogP) is 2.54. The molecule has 2 aromatic rings. The molecule has 0 saturated carbocycles. The second kappa shape index (κ2) is 10.3. The zero-order valence-corrected chi connectivity index (χ0v) is 17.1. The Morgan fingerprint density at radius 1 is 1.11 bits per heavy atom. The van der Waals surface area contributed by atoms with Crippen molar-refractivity contribution in [3.05, 3.63) is 46.3 Å². The molecule has 0 unspecified atom stereocenters. The van der Waals surface area contributed by atoms with Gasteiger partial charge in [-0.1, -0.05) is 13.0 Å². The number of hydrogen-bond acceptors (Lipinski definition) is 5. The lowest BCUT2D eigenvalue weighted by Gasteiger charge is -2.34. The number of anilines is 1. The van der Waals surface area contributed by atoms with Gasteiger partial charge in [-0.25, -0.2) is 9.98 Å². The summed E-state index contributed by atoms with van der Waals surface area (Å²) >= 11 is 1.70. The van der Waals surface area contributed by atoms with Crippen molar-refractivity contribution in [1.82, 2.24) is 20.5 Å². The minimum Gasteiger partial charge on any atom is -0.357 e. The molecule has 2 aromatic heterocycles. The summed E-state index contributed by atoms with van der Waals surface area (Å²) in [5, 5.41) is 10.9. The number of nitrogens with one attached hydrogen (secondary N) is 2. The monoisotopic (exact) mass is 386 g/mol. The topological polar surface area (TPSA) is 55.8 Å². The minimum atomic E-state index is 0.694. The van der Waals surface area contributed by atoms with Gasteiger partial charge in [0.1, 0.15) is 5.82 Å². The van der Waals surface area contributed by atoms with Gasteiger partial charge in [0.05, 0.1) is 6.54 Å². The molecule has 0 aliphatic carbocycles. The number of aromatic nitrogens is 1. The largest absolute Gasteiger partial charge is 0.357 e. The standard InChI is InChI=1S/C20H30N6S/c1-3-21-20(24-15-18-7-12-27-16-18)23-14-17-5-6-19(22-13-17)26-10-8-25(4-2)9-11-26/h5-7,12-13,16H,3-4,8-11,14-15H2,1-2H3,(H2,21,23,24). The Morgan fingerprint density at radius 2 is 1.96 bits per heavy atom. The van der Waals surface area contributed by atoms with Crippen molar-refractivity contribution in [2.75, 3.05) is 44.2 Å². The molecule has 3 heterocycles. The second-order valence-electron chi connectivity index (χ2n) is 6.63. The van der Waals surface area contributed by atoms with Crippen molar-refractivity contribution < 1.29 is 0 Å². The number of thiophene rings is 1. The van der Waals surface area contributed by atoms with E-state index >= 15 is 0 Å². The van der Waals surface area contributed by atoms with Crippen LogP contribution < -0.4 is 15.5 Å². The van der Waals surface area contributed by atoms with Crippen LogP contribution in [0, 0.1) is 0 Å². The zero-order valence-electron chi connectivity index (χ0n) is 16.3. The van der Waals surface area contributed by atoms with Gasteiger partial charge in [0.15, 0.2) is 5.96 Å². The fourth-order valence-corrected chi connectivity index (χ4v) is 3.74. The number of likely N-dealkylation sites (N-methyl/N-ethyl adjacent to an activating group) is 1. The molecule has 27 heavy (non-hydrogen) atoms. The minimum absolute atomic E-state index is 0.694. The maximum atomic E-state index is 4.67. The molecule has 1 aliphatic heterocycles. The van der Waals surface area contributed by atoms with E-state index in [9.17, 15) is 0 Å². The van der Waals surface area contributed by atoms with Crippen molar-refractivity contribution in [3.63, 3.8) is 0 Å². The Labute approximate surface area is 166 Å². The second-order valence-corrected chi connectivity index (χ2v) is 7.41. The van der Waals surface area contributed by atoms with E-state index in [0.29, 0.717) is 13.1 Å². The van der Waals surface area contributed by atoms with Crippen LogP contribution in [0.25, 0.3) is 0 Å². The van der Waals surface area contributed by atoms with Crippen LogP contribution in [-0.4, -0.2) is 55.1 Å². The van der Waals surface area contributed by atoms with E-state index in [1.54, 1.807) is 11.3 Å². The molecule has 0 aromatic carbocycles. The number of hydrogen-bond donors (Lipinski definition) is 2. The van der Waals surface area contributed by atoms with Gasteiger partial charge in [-0.2, -0.15) is 11.3 Å². The van der Waals surface area contributed by atoms with E-state index in [1.807, 2.05) is 6.20 Å². The normalized spacial score (nSPS) is 15.8. The molecule has 0 radical (unpaired) electrons. The molecule has 0 atom stereocenters. The Kier molecular flexibility index (Phi) is 7.47. The van der Waals surface area contributed by atoms with Crippen LogP contribution in [0.2, 0.25) is 0 Å². The van der Waals surface area contributed by atoms with Crippen LogP contribution >= 0.6 is 11.3 Å². The molecule has 0 spiro atoms. The highest BCUT2D eigenvalue weighted by atomic mass is 32.1. The molecular weight excluding hydrogens is 356 g/mol. The summed E-state index contributed by atoms with van der Waals surface area (Å²) in [6, 6.07) is 6.40. The Balaban J connectivity index is 1.51. The van der Waals surface area contributed by atoms with E-state index in [0.717, 1.165) is 56.6 Å². The fraction of sp³-hybridized carbons (Fsp3) is 0.500. The molecule has 146 valence electrons. The molecule has 7 heteroatoms. The summed E-state index contributed by atoms with van der Waals surface area (Å²) in [4.78, 5) is 14.2. The van der Waals surface area contributed by atoms with Crippen LogP contribution in [0.5, 0.6) is 0 Å². The summed E-state index contributed by atoms with van der Waals surface area (Å²) in [5.41, 5.74) is 2.40. The summed E-state index contributed by atoms with van der Waals surface area (Å²) in [6.07, 6.45) is 1.97. The summed E-state index contributed by atoms with van der Waals surface area (Å²) in [7, 11) is 0. The zero-order chi connectivity index (χ0) is 18.9. The predicted molar refractivity (Wildman–Crippen MR) is 115 cm³/mol. The highest BCUT2D eigenvalue weighted by Crippen LogP contribution is 2.14. The number of rotatable bonds is 7. The van der Waals surface area contributed by atoms with Gasteiger partial charge in [-0.15, -0.1) is 0 Å². The Hall–Kier alpha value is -2.12. The summed E-state index contributed by atoms with van der Waals surface area (Å²) < 4.78 is 0. The quantitative estimate of drug-likeness (QED) is 0.566. The van der Waals surface area contributed by atoms with Gasteiger partial charge in [-0.3, -0.25) is 0 Å². The van der Waals surface area contributed by atoms with Crippen LogP contribution in [0.1, 0.15) is 25.0 Å². The van der Waals surface area contributed by atoms with Gasteiger partial charge >= 0.3 is 0 Å². The van der Waals surface area contributed by atoms with Gasteiger partial charge in [-0.05, 0) is 47.5 Å². The van der Waals surface area contributed by atoms with Crippen molar-refractivity contribution in [2.24, 2.45) is 4.99 Å². The van der Waals surface area contributed by atoms with Gasteiger partial charge in [0.25, 0.3) is 0 Å². The van der Waals surface area contributed by atoms with Crippen LogP contribution in [0.3, 0.4) is 0 Å². The third-order valence-electron chi connectivity index (χ3n) is 4.76. The summed E-state index contributed by atoms with van der Waals surface area (Å²) in [6.45, 7) is 12.0. The number of piperazine rings is 1. The van der Waals surface area contributed by atoms with Crippen LogP contribution in [-0.2, 0) is 13.1 Å². The van der Waals surface area contributed by atoms with Crippen molar-refractivity contribution in [2.45, 2.75) is 26.9 Å². The number of pyridine rings is 1. The van der Waals surface area contributed by atoms with Gasteiger partial charge in [0, 0.05) is 45.5 Å². The van der Waals surface area contributed by atoms with Crippen LogP contribution in [0.15, 0.2) is 40.1 Å². The molecule has 1 aliphatic rings. The third kappa shape index (κ3) is 5.94. The number of aliphatic imine (C=N–C) groups is 1. The molecule has 2 N–H and O–H groups in total. The lowest BCUT2D eigenvalue weighted by Crippen LogP contribution is -2.46. The SMILES string of the molecule is CCNC(=NCc1ccsc1)NCc1ccc(N2CCN(CC)CC2)nc1. The number of nitrogens with zero attached hydrogens (tertiary/aromatic N) is 4. The van der Waals surface area contributed by atoms with Gasteiger partial charge < -0.3 is 20.4 Å². The average molecular weight is 387 g/mol. The summed E-state index contributed by atoms with van der Waals surface area (Å²) in [5.74, 6) is 1.91. The first-order valence-electron chi connectivity index (χ1n) is 9.74. The Bertz CT molecular complexity index is 690. The van der Waals surface area contributed by atoms with Crippen molar-refractivity contribution in [1.29, 1.82) is 0 Å². The smallest absolute Gasteiger partial charge is 0.191 e. The van der Waals surface area contributed by atoms with Crippen molar-refractivity contribution >= 4 is 23.1 Å². The fourth-order valence-electron chi connectivity index (χ4n) is 3.08. The molecule has 6 nitrogen and oxygen atoms in total. The van der Waals surface area contributed by atoms with Gasteiger partial charge in [0.2, 0.25) is 0 Å². The first kappa shape index (κ1) is 19.6. The highest BCUT2D eigenvalue weighted by Gasteiger charge is 2.16. The van der Waals surface area contributed by atoms with E-state index in [1.165, 1.54) is 5.56 Å². The molecule has 3 rings (SSSR count). The third-order valence-corrected chi connectivity index (χ3v) is 5.49. The first-order chi connectivity index (χ1) is 13.3. The van der Waals surface area contributed by atoms with E-state index in [4.69, 9.17) is 0 Å². The highest BCUT2D eigenvalue weighted by molar-refractivity contribution is 7.07.